The minimum absolute atomic E-state index is 0.691. The smallest absolute Gasteiger partial charge is 0.118 e. The van der Waals surface area contributed by atoms with Gasteiger partial charge in [-0.15, -0.1) is 0 Å². The van der Waals surface area contributed by atoms with E-state index in [-0.39, 0.29) is 0 Å². The third-order valence-corrected chi connectivity index (χ3v) is 4.21. The van der Waals surface area contributed by atoms with Crippen LogP contribution in [0.25, 0.3) is 0 Å². The topological polar surface area (TPSA) is 28.4 Å². The van der Waals surface area contributed by atoms with E-state index in [1.54, 1.807) is 0 Å². The van der Waals surface area contributed by atoms with Gasteiger partial charge in [0.25, 0.3) is 0 Å². The van der Waals surface area contributed by atoms with E-state index < -0.39 is 0 Å². The standard InChI is InChI=1S/C16H28N2O/c1-4-10-17-11-15-8-9-16(19-15)12-18-13(3)6-7-14(18)5-2/h8-9,13-14,17H,4-7,10-12H2,1-3H3. The Labute approximate surface area is 117 Å². The van der Waals surface area contributed by atoms with E-state index in [4.69, 9.17) is 4.42 Å². The van der Waals surface area contributed by atoms with Crippen molar-refractivity contribution in [3.63, 3.8) is 0 Å². The summed E-state index contributed by atoms with van der Waals surface area (Å²) in [5.74, 6) is 2.17. The van der Waals surface area contributed by atoms with Crippen LogP contribution >= 0.6 is 0 Å². The van der Waals surface area contributed by atoms with Crippen LogP contribution in [0.15, 0.2) is 16.5 Å². The summed E-state index contributed by atoms with van der Waals surface area (Å²) < 4.78 is 5.93. The molecule has 3 nitrogen and oxygen atoms in total. The predicted molar refractivity (Wildman–Crippen MR) is 79.0 cm³/mol. The van der Waals surface area contributed by atoms with Gasteiger partial charge >= 0.3 is 0 Å². The van der Waals surface area contributed by atoms with Gasteiger partial charge < -0.3 is 9.73 Å². The molecule has 19 heavy (non-hydrogen) atoms. The third kappa shape index (κ3) is 3.83. The van der Waals surface area contributed by atoms with Gasteiger partial charge in [0.05, 0.1) is 13.1 Å². The van der Waals surface area contributed by atoms with Crippen molar-refractivity contribution in [2.24, 2.45) is 0 Å². The molecule has 1 aliphatic heterocycles. The summed E-state index contributed by atoms with van der Waals surface area (Å²) in [4.78, 5) is 2.60. The monoisotopic (exact) mass is 264 g/mol. The van der Waals surface area contributed by atoms with E-state index in [1.165, 1.54) is 19.3 Å². The Morgan fingerprint density at radius 2 is 2.05 bits per heavy atom. The molecule has 0 spiro atoms. The second-order valence-electron chi connectivity index (χ2n) is 5.71. The van der Waals surface area contributed by atoms with Gasteiger partial charge in [0, 0.05) is 12.1 Å². The zero-order chi connectivity index (χ0) is 13.7. The fourth-order valence-corrected chi connectivity index (χ4v) is 3.02. The highest BCUT2D eigenvalue weighted by atomic mass is 16.3. The molecule has 2 rings (SSSR count). The van der Waals surface area contributed by atoms with E-state index in [0.29, 0.717) is 6.04 Å². The molecule has 0 bridgehead atoms. The number of hydrogen-bond donors (Lipinski definition) is 1. The van der Waals surface area contributed by atoms with Crippen molar-refractivity contribution in [3.05, 3.63) is 23.7 Å². The van der Waals surface area contributed by atoms with Gasteiger partial charge in [0.1, 0.15) is 11.5 Å². The Balaban J connectivity index is 1.88. The van der Waals surface area contributed by atoms with Gasteiger partial charge in [-0.3, -0.25) is 4.90 Å². The first-order valence-electron chi connectivity index (χ1n) is 7.78. The van der Waals surface area contributed by atoms with Crippen LogP contribution in [-0.4, -0.2) is 23.5 Å². The second kappa shape index (κ2) is 7.11. The average molecular weight is 264 g/mol. The van der Waals surface area contributed by atoms with Crippen molar-refractivity contribution < 1.29 is 4.42 Å². The van der Waals surface area contributed by atoms with Crippen molar-refractivity contribution >= 4 is 0 Å². The van der Waals surface area contributed by atoms with Gasteiger partial charge in [0.2, 0.25) is 0 Å². The maximum absolute atomic E-state index is 5.93. The van der Waals surface area contributed by atoms with Crippen molar-refractivity contribution in [1.82, 2.24) is 10.2 Å². The third-order valence-electron chi connectivity index (χ3n) is 4.21. The van der Waals surface area contributed by atoms with Crippen LogP contribution in [0.1, 0.15) is 58.0 Å². The molecule has 2 heterocycles. The number of nitrogens with zero attached hydrogens (tertiary/aromatic N) is 1. The molecule has 1 fully saturated rings. The van der Waals surface area contributed by atoms with Crippen molar-refractivity contribution in [2.45, 2.75) is 71.6 Å². The van der Waals surface area contributed by atoms with Gasteiger partial charge in [-0.2, -0.15) is 0 Å². The van der Waals surface area contributed by atoms with E-state index in [9.17, 15) is 0 Å². The Hall–Kier alpha value is -0.800. The van der Waals surface area contributed by atoms with Crippen molar-refractivity contribution in [3.8, 4) is 0 Å². The molecule has 2 atom stereocenters. The summed E-state index contributed by atoms with van der Waals surface area (Å²) >= 11 is 0. The lowest BCUT2D eigenvalue weighted by atomic mass is 10.1. The van der Waals surface area contributed by atoms with Gasteiger partial charge in [0.15, 0.2) is 0 Å². The summed E-state index contributed by atoms with van der Waals surface area (Å²) in [6.45, 7) is 9.67. The van der Waals surface area contributed by atoms with Gasteiger partial charge in [-0.25, -0.2) is 0 Å². The first kappa shape index (κ1) is 14.6. The molecule has 1 aliphatic rings. The lowest BCUT2D eigenvalue weighted by Gasteiger charge is -2.26. The molecule has 1 saturated heterocycles. The minimum atomic E-state index is 0.691. The summed E-state index contributed by atoms with van der Waals surface area (Å²) in [5, 5.41) is 3.38. The maximum Gasteiger partial charge on any atom is 0.118 e. The molecular weight excluding hydrogens is 236 g/mol. The number of nitrogens with one attached hydrogen (secondary N) is 1. The molecule has 1 N–H and O–H groups in total. The molecule has 0 radical (unpaired) electrons. The van der Waals surface area contributed by atoms with Crippen LogP contribution in [0, 0.1) is 0 Å². The average Bonchev–Trinajstić information content (AvgIpc) is 2.99. The molecule has 1 aromatic rings. The van der Waals surface area contributed by atoms with Crippen molar-refractivity contribution in [1.29, 1.82) is 0 Å². The Morgan fingerprint density at radius 3 is 2.79 bits per heavy atom. The highest BCUT2D eigenvalue weighted by molar-refractivity contribution is 5.08. The van der Waals surface area contributed by atoms with Gasteiger partial charge in [-0.1, -0.05) is 13.8 Å². The largest absolute Gasteiger partial charge is 0.463 e. The van der Waals surface area contributed by atoms with Crippen LogP contribution in [0.4, 0.5) is 0 Å². The molecule has 1 aromatic heterocycles. The fraction of sp³-hybridized carbons (Fsp3) is 0.750. The van der Waals surface area contributed by atoms with E-state index in [0.717, 1.165) is 43.6 Å². The number of hydrogen-bond acceptors (Lipinski definition) is 3. The summed E-state index contributed by atoms with van der Waals surface area (Å²) in [7, 11) is 0. The van der Waals surface area contributed by atoms with Gasteiger partial charge in [-0.05, 0) is 51.3 Å². The molecule has 3 heteroatoms. The van der Waals surface area contributed by atoms with E-state index in [2.05, 4.69) is 43.1 Å². The number of likely N-dealkylation sites (tertiary alicyclic amines) is 1. The Kier molecular flexibility index (Phi) is 5.46. The molecule has 0 amide bonds. The lowest BCUT2D eigenvalue weighted by Crippen LogP contribution is -2.33. The van der Waals surface area contributed by atoms with Crippen LogP contribution in [-0.2, 0) is 13.1 Å². The lowest BCUT2D eigenvalue weighted by molar-refractivity contribution is 0.174. The summed E-state index contributed by atoms with van der Waals surface area (Å²) in [5.41, 5.74) is 0. The van der Waals surface area contributed by atoms with Crippen LogP contribution in [0.5, 0.6) is 0 Å². The first-order chi connectivity index (χ1) is 9.24. The summed E-state index contributed by atoms with van der Waals surface area (Å²) in [6.07, 6.45) is 5.07. The SMILES string of the molecule is CCCNCc1ccc(CN2C(C)CCC2CC)o1. The first-order valence-corrected chi connectivity index (χ1v) is 7.78. The highest BCUT2D eigenvalue weighted by Crippen LogP contribution is 2.28. The normalized spacial score (nSPS) is 24.2. The number of rotatable bonds is 7. The Morgan fingerprint density at radius 1 is 1.26 bits per heavy atom. The molecule has 108 valence electrons. The van der Waals surface area contributed by atoms with Crippen LogP contribution in [0.3, 0.4) is 0 Å². The zero-order valence-electron chi connectivity index (χ0n) is 12.6. The quantitative estimate of drug-likeness (QED) is 0.764. The van der Waals surface area contributed by atoms with Crippen LogP contribution < -0.4 is 5.32 Å². The van der Waals surface area contributed by atoms with Crippen molar-refractivity contribution in [2.75, 3.05) is 6.54 Å². The predicted octanol–water partition coefficient (Wildman–Crippen LogP) is 3.54. The molecule has 2 unspecified atom stereocenters. The molecule has 0 aliphatic carbocycles. The minimum Gasteiger partial charge on any atom is -0.463 e. The van der Waals surface area contributed by atoms with E-state index >= 15 is 0 Å². The summed E-state index contributed by atoms with van der Waals surface area (Å²) in [6, 6.07) is 5.68. The zero-order valence-corrected chi connectivity index (χ0v) is 12.6. The number of furan rings is 1. The maximum atomic E-state index is 5.93. The second-order valence-corrected chi connectivity index (χ2v) is 5.71. The molecular formula is C16H28N2O. The highest BCUT2D eigenvalue weighted by Gasteiger charge is 2.29. The molecule has 0 saturated carbocycles. The fourth-order valence-electron chi connectivity index (χ4n) is 3.02. The molecule has 0 aromatic carbocycles. The van der Waals surface area contributed by atoms with E-state index in [1.807, 2.05) is 0 Å². The Bertz CT molecular complexity index is 375. The van der Waals surface area contributed by atoms with Crippen LogP contribution in [0.2, 0.25) is 0 Å².